The van der Waals surface area contributed by atoms with Crippen LogP contribution in [0, 0.1) is 6.92 Å². The molecule has 0 aliphatic heterocycles. The summed E-state index contributed by atoms with van der Waals surface area (Å²) in [6.07, 6.45) is 3.61. The van der Waals surface area contributed by atoms with Crippen molar-refractivity contribution in [3.05, 3.63) is 18.0 Å². The highest BCUT2D eigenvalue weighted by atomic mass is 16.4. The highest BCUT2D eigenvalue weighted by Crippen LogP contribution is 2.01. The molecule has 7 heteroatoms. The lowest BCUT2D eigenvalue weighted by atomic mass is 10.3. The molecule has 0 bridgehead atoms. The van der Waals surface area contributed by atoms with E-state index in [0.29, 0.717) is 13.1 Å². The van der Waals surface area contributed by atoms with Crippen LogP contribution in [0.15, 0.2) is 12.4 Å². The third-order valence-corrected chi connectivity index (χ3v) is 2.83. The average Bonchev–Trinajstić information content (AvgIpc) is 2.74. The molecular weight excluding hydrogens is 260 g/mol. The molecule has 1 aromatic rings. The Kier molecular flexibility index (Phi) is 6.02. The number of carbonyl (C=O) groups is 2. The third-order valence-electron chi connectivity index (χ3n) is 2.83. The van der Waals surface area contributed by atoms with Gasteiger partial charge in [-0.2, -0.15) is 5.10 Å². The smallest absolute Gasteiger partial charge is 0.317 e. The number of hydrogen-bond acceptors (Lipinski definition) is 3. The number of carbonyl (C=O) groups excluding carboxylic acids is 1. The zero-order valence-electron chi connectivity index (χ0n) is 12.2. The molecule has 0 unspecified atom stereocenters. The van der Waals surface area contributed by atoms with E-state index in [9.17, 15) is 9.59 Å². The first kappa shape index (κ1) is 16.0. The summed E-state index contributed by atoms with van der Waals surface area (Å²) in [4.78, 5) is 24.1. The standard InChI is InChI=1S/C13H22N4O3/c1-10(2)17(6-4-12(18)19)13(20)14-5-7-16-9-11(3)8-15-16/h8-10H,4-7H2,1-3H3,(H,14,20)(H,18,19). The predicted molar refractivity (Wildman–Crippen MR) is 74.5 cm³/mol. The second-order valence-electron chi connectivity index (χ2n) is 4.94. The number of urea groups is 1. The number of amides is 2. The van der Waals surface area contributed by atoms with Gasteiger partial charge in [-0.25, -0.2) is 4.79 Å². The maximum atomic E-state index is 12.0. The van der Waals surface area contributed by atoms with Crippen LogP contribution in [0.4, 0.5) is 4.79 Å². The molecule has 0 saturated heterocycles. The quantitative estimate of drug-likeness (QED) is 0.783. The number of nitrogens with one attached hydrogen (secondary N) is 1. The van der Waals surface area contributed by atoms with E-state index in [0.717, 1.165) is 5.56 Å². The molecule has 0 atom stereocenters. The van der Waals surface area contributed by atoms with Crippen molar-refractivity contribution in [3.8, 4) is 0 Å². The molecule has 112 valence electrons. The molecule has 20 heavy (non-hydrogen) atoms. The van der Waals surface area contributed by atoms with E-state index in [4.69, 9.17) is 5.11 Å². The monoisotopic (exact) mass is 282 g/mol. The van der Waals surface area contributed by atoms with Gasteiger partial charge in [0.25, 0.3) is 0 Å². The number of carboxylic acid groups (broad SMARTS) is 1. The summed E-state index contributed by atoms with van der Waals surface area (Å²) in [7, 11) is 0. The predicted octanol–water partition coefficient (Wildman–Crippen LogP) is 1.09. The molecule has 2 N–H and O–H groups in total. The molecule has 0 spiro atoms. The Labute approximate surface area is 118 Å². The van der Waals surface area contributed by atoms with E-state index >= 15 is 0 Å². The van der Waals surface area contributed by atoms with E-state index in [2.05, 4.69) is 10.4 Å². The number of carboxylic acids is 1. The van der Waals surface area contributed by atoms with Crippen molar-refractivity contribution in [2.75, 3.05) is 13.1 Å². The first-order valence-corrected chi connectivity index (χ1v) is 6.65. The molecule has 2 amide bonds. The summed E-state index contributed by atoms with van der Waals surface area (Å²) in [5, 5.41) is 15.6. The van der Waals surface area contributed by atoms with Gasteiger partial charge in [0.1, 0.15) is 0 Å². The topological polar surface area (TPSA) is 87.5 Å². The minimum absolute atomic E-state index is 0.0405. The van der Waals surface area contributed by atoms with E-state index in [-0.39, 0.29) is 25.0 Å². The van der Waals surface area contributed by atoms with Crippen molar-refractivity contribution >= 4 is 12.0 Å². The molecule has 0 aromatic carbocycles. The molecule has 1 rings (SSSR count). The van der Waals surface area contributed by atoms with E-state index in [1.54, 1.807) is 10.9 Å². The van der Waals surface area contributed by atoms with Gasteiger partial charge in [0.2, 0.25) is 0 Å². The maximum Gasteiger partial charge on any atom is 0.317 e. The fourth-order valence-electron chi connectivity index (χ4n) is 1.78. The first-order valence-electron chi connectivity index (χ1n) is 6.65. The second kappa shape index (κ2) is 7.52. The Bertz CT molecular complexity index is 456. The second-order valence-corrected chi connectivity index (χ2v) is 4.94. The van der Waals surface area contributed by atoms with Gasteiger partial charge >= 0.3 is 12.0 Å². The molecule has 0 saturated carbocycles. The van der Waals surface area contributed by atoms with Gasteiger partial charge < -0.3 is 15.3 Å². The van der Waals surface area contributed by atoms with Crippen molar-refractivity contribution in [3.63, 3.8) is 0 Å². The number of hydrogen-bond donors (Lipinski definition) is 2. The van der Waals surface area contributed by atoms with Gasteiger partial charge in [-0.1, -0.05) is 0 Å². The third kappa shape index (κ3) is 5.29. The van der Waals surface area contributed by atoms with Crippen LogP contribution < -0.4 is 5.32 Å². The molecule has 7 nitrogen and oxygen atoms in total. The lowest BCUT2D eigenvalue weighted by Gasteiger charge is -2.26. The Morgan fingerprint density at radius 2 is 2.20 bits per heavy atom. The minimum atomic E-state index is -0.907. The number of rotatable bonds is 7. The Morgan fingerprint density at radius 1 is 1.50 bits per heavy atom. The highest BCUT2D eigenvalue weighted by Gasteiger charge is 2.17. The van der Waals surface area contributed by atoms with Crippen molar-refractivity contribution < 1.29 is 14.7 Å². The summed E-state index contributed by atoms with van der Waals surface area (Å²) >= 11 is 0. The van der Waals surface area contributed by atoms with Crippen molar-refractivity contribution in [2.45, 2.75) is 39.8 Å². The number of nitrogens with zero attached hydrogens (tertiary/aromatic N) is 3. The van der Waals surface area contributed by atoms with Crippen LogP contribution in [-0.4, -0.2) is 50.9 Å². The van der Waals surface area contributed by atoms with Crippen molar-refractivity contribution in [1.82, 2.24) is 20.0 Å². The summed E-state index contributed by atoms with van der Waals surface area (Å²) in [6, 6.07) is -0.286. The molecular formula is C13H22N4O3. The van der Waals surface area contributed by atoms with Crippen molar-refractivity contribution in [2.24, 2.45) is 0 Å². The van der Waals surface area contributed by atoms with Crippen LogP contribution in [0.5, 0.6) is 0 Å². The maximum absolute atomic E-state index is 12.0. The van der Waals surface area contributed by atoms with Gasteiger partial charge in [0, 0.05) is 25.3 Å². The van der Waals surface area contributed by atoms with E-state index in [1.807, 2.05) is 27.0 Å². The normalized spacial score (nSPS) is 10.6. The number of aromatic nitrogens is 2. The van der Waals surface area contributed by atoms with Crippen molar-refractivity contribution in [1.29, 1.82) is 0 Å². The summed E-state index contributed by atoms with van der Waals surface area (Å²) in [5.41, 5.74) is 1.07. The van der Waals surface area contributed by atoms with Gasteiger partial charge in [-0.3, -0.25) is 9.48 Å². The fourth-order valence-corrected chi connectivity index (χ4v) is 1.78. The molecule has 1 heterocycles. The summed E-state index contributed by atoms with van der Waals surface area (Å²) in [6.45, 7) is 6.92. The Morgan fingerprint density at radius 3 is 2.70 bits per heavy atom. The molecule has 0 aliphatic carbocycles. The van der Waals surface area contributed by atoms with Gasteiger partial charge in [0.15, 0.2) is 0 Å². The van der Waals surface area contributed by atoms with Crippen LogP contribution in [0.25, 0.3) is 0 Å². The average molecular weight is 282 g/mol. The van der Waals surface area contributed by atoms with Crippen LogP contribution in [0.3, 0.4) is 0 Å². The van der Waals surface area contributed by atoms with Crippen LogP contribution in [0.2, 0.25) is 0 Å². The lowest BCUT2D eigenvalue weighted by molar-refractivity contribution is -0.137. The lowest BCUT2D eigenvalue weighted by Crippen LogP contribution is -2.45. The molecule has 1 aromatic heterocycles. The van der Waals surface area contributed by atoms with Gasteiger partial charge in [-0.05, 0) is 26.3 Å². The zero-order chi connectivity index (χ0) is 15.1. The minimum Gasteiger partial charge on any atom is -0.481 e. The molecule has 0 radical (unpaired) electrons. The molecule has 0 fully saturated rings. The van der Waals surface area contributed by atoms with Crippen LogP contribution in [0.1, 0.15) is 25.8 Å². The van der Waals surface area contributed by atoms with Crippen LogP contribution >= 0.6 is 0 Å². The van der Waals surface area contributed by atoms with Gasteiger partial charge in [-0.15, -0.1) is 0 Å². The summed E-state index contributed by atoms with van der Waals surface area (Å²) < 4.78 is 1.76. The number of aryl methyl sites for hydroxylation is 1. The number of aliphatic carboxylic acids is 1. The fraction of sp³-hybridized carbons (Fsp3) is 0.615. The van der Waals surface area contributed by atoms with E-state index < -0.39 is 5.97 Å². The SMILES string of the molecule is Cc1cnn(CCNC(=O)N(CCC(=O)O)C(C)C)c1. The largest absolute Gasteiger partial charge is 0.481 e. The summed E-state index contributed by atoms with van der Waals surface area (Å²) in [5.74, 6) is -0.907. The van der Waals surface area contributed by atoms with E-state index in [1.165, 1.54) is 4.90 Å². The first-order chi connectivity index (χ1) is 9.40. The zero-order valence-corrected chi connectivity index (χ0v) is 12.2. The Hall–Kier alpha value is -2.05. The van der Waals surface area contributed by atoms with Crippen LogP contribution in [-0.2, 0) is 11.3 Å². The highest BCUT2D eigenvalue weighted by molar-refractivity contribution is 5.75. The Balaban J connectivity index is 2.39. The van der Waals surface area contributed by atoms with Gasteiger partial charge in [0.05, 0.1) is 19.2 Å². The molecule has 0 aliphatic rings.